The third kappa shape index (κ3) is 4.91. The van der Waals surface area contributed by atoms with Crippen LogP contribution in [-0.2, 0) is 11.0 Å². The maximum absolute atomic E-state index is 12.8. The normalized spacial score (nSPS) is 13.9. The van der Waals surface area contributed by atoms with Gasteiger partial charge < -0.3 is 5.32 Å². The van der Waals surface area contributed by atoms with Gasteiger partial charge in [-0.1, -0.05) is 23.4 Å². The van der Waals surface area contributed by atoms with Gasteiger partial charge in [0.1, 0.15) is 6.54 Å². The molecule has 2 rings (SSSR count). The summed E-state index contributed by atoms with van der Waals surface area (Å²) in [6.45, 7) is -0.228. The van der Waals surface area contributed by atoms with Gasteiger partial charge in [0.2, 0.25) is 5.91 Å². The van der Waals surface area contributed by atoms with E-state index in [2.05, 4.69) is 10.2 Å². The van der Waals surface area contributed by atoms with Crippen LogP contribution in [0, 0.1) is 0 Å². The van der Waals surface area contributed by atoms with Crippen molar-refractivity contribution in [2.75, 3.05) is 6.54 Å². The first-order chi connectivity index (χ1) is 11.4. The smallest absolute Gasteiger partial charge is 0.346 e. The Morgan fingerprint density at radius 3 is 2.52 bits per heavy atom. The molecule has 0 aromatic carbocycles. The molecule has 0 aliphatic rings. The van der Waals surface area contributed by atoms with Crippen molar-refractivity contribution in [2.24, 2.45) is 0 Å². The highest BCUT2D eigenvalue weighted by Crippen LogP contribution is 2.33. The van der Waals surface area contributed by atoms with E-state index < -0.39 is 35.6 Å². The van der Waals surface area contributed by atoms with Crippen molar-refractivity contribution in [2.45, 2.75) is 29.7 Å². The van der Waals surface area contributed by atoms with E-state index in [0.29, 0.717) is 24.0 Å². The van der Waals surface area contributed by atoms with Crippen LogP contribution in [0.15, 0.2) is 17.4 Å². The molecule has 0 saturated carbocycles. The molecular formula is C12H9ClF6N4OS. The number of alkyl halides is 6. The van der Waals surface area contributed by atoms with Crippen molar-refractivity contribution in [3.63, 3.8) is 0 Å². The van der Waals surface area contributed by atoms with E-state index in [4.69, 9.17) is 11.6 Å². The van der Waals surface area contributed by atoms with Crippen molar-refractivity contribution >= 4 is 34.9 Å². The van der Waals surface area contributed by atoms with Gasteiger partial charge in [-0.15, -0.1) is 10.2 Å². The molecule has 138 valence electrons. The van der Waals surface area contributed by atoms with Crippen molar-refractivity contribution in [1.82, 2.24) is 19.9 Å². The lowest BCUT2D eigenvalue weighted by Crippen LogP contribution is -2.38. The Balaban J connectivity index is 2.23. The number of hydrogen-bond acceptors (Lipinski definition) is 4. The van der Waals surface area contributed by atoms with Crippen LogP contribution in [0.2, 0.25) is 5.02 Å². The molecule has 2 heterocycles. The molecule has 1 atom stereocenters. The highest BCUT2D eigenvalue weighted by atomic mass is 35.5. The van der Waals surface area contributed by atoms with Crippen LogP contribution in [-0.4, -0.2) is 38.5 Å². The predicted octanol–water partition coefficient (Wildman–Crippen LogP) is 3.56. The first-order valence-electron chi connectivity index (χ1n) is 6.51. The third-order valence-electron chi connectivity index (χ3n) is 2.87. The van der Waals surface area contributed by atoms with Crippen LogP contribution in [0.3, 0.4) is 0 Å². The number of nitrogens with one attached hydrogen (secondary N) is 1. The molecular weight excluding hydrogens is 398 g/mol. The number of hydrogen-bond donors (Lipinski definition) is 1. The molecule has 1 amide bonds. The summed E-state index contributed by atoms with van der Waals surface area (Å²) in [6, 6.07) is 0.680. The summed E-state index contributed by atoms with van der Waals surface area (Å²) >= 11 is 6.39. The number of rotatable bonds is 4. The number of nitrogens with zero attached hydrogens (tertiary/aromatic N) is 3. The van der Waals surface area contributed by atoms with Crippen molar-refractivity contribution in [1.29, 1.82) is 0 Å². The Kier molecular flexibility index (Phi) is 5.42. The fourth-order valence-electron chi connectivity index (χ4n) is 1.71. The Bertz CT molecular complexity index is 790. The average Bonchev–Trinajstić information content (AvgIpc) is 2.86. The quantitative estimate of drug-likeness (QED) is 0.623. The lowest BCUT2D eigenvalue weighted by molar-refractivity contribution is -0.137. The minimum atomic E-state index is -4.67. The summed E-state index contributed by atoms with van der Waals surface area (Å²) in [4.78, 5) is 11.6. The summed E-state index contributed by atoms with van der Waals surface area (Å²) in [5, 5.41) is 7.47. The Hall–Kier alpha value is -1.69. The van der Waals surface area contributed by atoms with Crippen LogP contribution >= 0.6 is 23.4 Å². The first kappa shape index (κ1) is 19.6. The van der Waals surface area contributed by atoms with E-state index in [0.717, 1.165) is 4.40 Å². The summed E-state index contributed by atoms with van der Waals surface area (Å²) in [5.74, 6) is -0.947. The van der Waals surface area contributed by atoms with Gasteiger partial charge in [-0.25, -0.2) is 0 Å². The Labute approximate surface area is 145 Å². The standard InChI is InChI=1S/C12H9ClF6N4OS/c1-5(9(24)20-4-11(14,15)16)25-10-22-21-8-7(13)2-6(3-23(8)10)12(17,18)19/h2-3,5H,4H2,1H3,(H,20,24). The summed E-state index contributed by atoms with van der Waals surface area (Å²) in [5.41, 5.74) is -1.12. The van der Waals surface area contributed by atoms with Crippen molar-refractivity contribution < 1.29 is 31.1 Å². The predicted molar refractivity (Wildman–Crippen MR) is 77.4 cm³/mol. The van der Waals surface area contributed by atoms with Crippen LogP contribution in [0.4, 0.5) is 26.3 Å². The molecule has 0 bridgehead atoms. The van der Waals surface area contributed by atoms with Gasteiger partial charge in [0, 0.05) is 6.20 Å². The number of carbonyl (C=O) groups excluding carboxylic acids is 1. The van der Waals surface area contributed by atoms with E-state index in [1.165, 1.54) is 6.92 Å². The van der Waals surface area contributed by atoms with Crippen LogP contribution in [0.1, 0.15) is 12.5 Å². The second-order valence-electron chi connectivity index (χ2n) is 4.84. The Morgan fingerprint density at radius 2 is 1.96 bits per heavy atom. The molecule has 0 aliphatic carbocycles. The zero-order valence-corrected chi connectivity index (χ0v) is 13.8. The lowest BCUT2D eigenvalue weighted by Gasteiger charge is -2.13. The fourth-order valence-corrected chi connectivity index (χ4v) is 2.81. The number of fused-ring (bicyclic) bond motifs is 1. The van der Waals surface area contributed by atoms with Crippen molar-refractivity contribution in [3.05, 3.63) is 22.8 Å². The number of halogens is 7. The molecule has 2 aromatic heterocycles. The molecule has 13 heteroatoms. The minimum Gasteiger partial charge on any atom is -0.346 e. The van der Waals surface area contributed by atoms with Gasteiger partial charge >= 0.3 is 12.4 Å². The van der Waals surface area contributed by atoms with Gasteiger partial charge in [0.25, 0.3) is 0 Å². The van der Waals surface area contributed by atoms with E-state index in [1.54, 1.807) is 5.32 Å². The molecule has 2 aromatic rings. The number of carbonyl (C=O) groups is 1. The molecule has 0 fully saturated rings. The molecule has 0 aliphatic heterocycles. The molecule has 5 nitrogen and oxygen atoms in total. The maximum Gasteiger partial charge on any atom is 0.417 e. The van der Waals surface area contributed by atoms with E-state index in [1.807, 2.05) is 0 Å². The van der Waals surface area contributed by atoms with E-state index in [-0.39, 0.29) is 15.8 Å². The number of thioether (sulfide) groups is 1. The number of aromatic nitrogens is 3. The zero-order chi connectivity index (χ0) is 19.0. The monoisotopic (exact) mass is 406 g/mol. The molecule has 0 saturated heterocycles. The summed E-state index contributed by atoms with van der Waals surface area (Å²) < 4.78 is 75.8. The fraction of sp³-hybridized carbons (Fsp3) is 0.417. The second-order valence-corrected chi connectivity index (χ2v) is 6.56. The van der Waals surface area contributed by atoms with Gasteiger partial charge in [0.15, 0.2) is 10.8 Å². The molecule has 0 spiro atoms. The van der Waals surface area contributed by atoms with Crippen LogP contribution in [0.5, 0.6) is 0 Å². The average molecular weight is 407 g/mol. The Morgan fingerprint density at radius 1 is 1.32 bits per heavy atom. The van der Waals surface area contributed by atoms with Crippen LogP contribution in [0.25, 0.3) is 5.65 Å². The number of pyridine rings is 1. The van der Waals surface area contributed by atoms with Gasteiger partial charge in [-0.2, -0.15) is 26.3 Å². The van der Waals surface area contributed by atoms with E-state index in [9.17, 15) is 31.1 Å². The SMILES string of the molecule is CC(Sc1nnc2c(Cl)cc(C(F)(F)F)cn12)C(=O)NCC(F)(F)F. The highest BCUT2D eigenvalue weighted by Gasteiger charge is 2.33. The highest BCUT2D eigenvalue weighted by molar-refractivity contribution is 8.00. The molecule has 1 unspecified atom stereocenters. The largest absolute Gasteiger partial charge is 0.417 e. The first-order valence-corrected chi connectivity index (χ1v) is 7.77. The van der Waals surface area contributed by atoms with Gasteiger partial charge in [0.05, 0.1) is 15.8 Å². The lowest BCUT2D eigenvalue weighted by atomic mass is 10.3. The van der Waals surface area contributed by atoms with Gasteiger partial charge in [-0.05, 0) is 13.0 Å². The third-order valence-corrected chi connectivity index (χ3v) is 4.21. The van der Waals surface area contributed by atoms with Gasteiger partial charge in [-0.3, -0.25) is 9.20 Å². The number of amides is 1. The molecule has 25 heavy (non-hydrogen) atoms. The zero-order valence-electron chi connectivity index (χ0n) is 12.2. The topological polar surface area (TPSA) is 59.3 Å². The van der Waals surface area contributed by atoms with E-state index >= 15 is 0 Å². The second kappa shape index (κ2) is 6.90. The minimum absolute atomic E-state index is 0.0694. The summed E-state index contributed by atoms with van der Waals surface area (Å²) in [7, 11) is 0. The maximum atomic E-state index is 12.8. The van der Waals surface area contributed by atoms with Crippen LogP contribution < -0.4 is 5.32 Å². The summed E-state index contributed by atoms with van der Waals surface area (Å²) in [6.07, 6.45) is -8.54. The molecule has 0 radical (unpaired) electrons. The van der Waals surface area contributed by atoms with Crippen molar-refractivity contribution in [3.8, 4) is 0 Å². The molecule has 1 N–H and O–H groups in total.